The van der Waals surface area contributed by atoms with Crippen LogP contribution >= 0.6 is 0 Å². The zero-order valence-corrected chi connectivity index (χ0v) is 11.9. The van der Waals surface area contributed by atoms with Gasteiger partial charge in [-0.1, -0.05) is 12.1 Å². The molecular formula is C15H24FN3. The van der Waals surface area contributed by atoms with E-state index in [-0.39, 0.29) is 5.82 Å². The first-order valence-electron chi connectivity index (χ1n) is 7.10. The van der Waals surface area contributed by atoms with E-state index in [0.717, 1.165) is 44.8 Å². The number of anilines is 1. The van der Waals surface area contributed by atoms with Gasteiger partial charge in [-0.3, -0.25) is 4.90 Å². The van der Waals surface area contributed by atoms with Gasteiger partial charge in [0.05, 0.1) is 5.69 Å². The van der Waals surface area contributed by atoms with Crippen LogP contribution in [0, 0.1) is 5.82 Å². The second-order valence-corrected chi connectivity index (χ2v) is 5.22. The first kappa shape index (κ1) is 14.3. The average molecular weight is 265 g/mol. The topological polar surface area (TPSA) is 18.5 Å². The SMILES string of the molecule is CNCCC(C)N1CCN(c2ccccc2F)CC1. The van der Waals surface area contributed by atoms with Crippen LogP contribution in [0.3, 0.4) is 0 Å². The van der Waals surface area contributed by atoms with Crippen molar-refractivity contribution in [3.05, 3.63) is 30.1 Å². The average Bonchev–Trinajstić information content (AvgIpc) is 2.45. The number of benzene rings is 1. The second kappa shape index (κ2) is 6.87. The van der Waals surface area contributed by atoms with Gasteiger partial charge in [-0.2, -0.15) is 0 Å². The normalized spacial score (nSPS) is 18.6. The van der Waals surface area contributed by atoms with Gasteiger partial charge in [-0.05, 0) is 39.1 Å². The Morgan fingerprint density at radius 2 is 1.89 bits per heavy atom. The van der Waals surface area contributed by atoms with E-state index < -0.39 is 0 Å². The van der Waals surface area contributed by atoms with Gasteiger partial charge in [0.2, 0.25) is 0 Å². The van der Waals surface area contributed by atoms with Crippen molar-refractivity contribution < 1.29 is 4.39 Å². The molecule has 19 heavy (non-hydrogen) atoms. The van der Waals surface area contributed by atoms with Gasteiger partial charge in [0.1, 0.15) is 5.82 Å². The number of nitrogens with one attached hydrogen (secondary N) is 1. The van der Waals surface area contributed by atoms with Gasteiger partial charge in [-0.15, -0.1) is 0 Å². The van der Waals surface area contributed by atoms with Crippen molar-refractivity contribution in [2.45, 2.75) is 19.4 Å². The Hall–Kier alpha value is -1.13. The Bertz CT molecular complexity index is 389. The minimum atomic E-state index is -0.112. The maximum absolute atomic E-state index is 13.7. The van der Waals surface area contributed by atoms with Crippen molar-refractivity contribution in [1.82, 2.24) is 10.2 Å². The van der Waals surface area contributed by atoms with Gasteiger partial charge < -0.3 is 10.2 Å². The number of halogens is 1. The number of hydrogen-bond acceptors (Lipinski definition) is 3. The van der Waals surface area contributed by atoms with Crippen LogP contribution in [0.4, 0.5) is 10.1 Å². The van der Waals surface area contributed by atoms with Crippen molar-refractivity contribution in [3.8, 4) is 0 Å². The fraction of sp³-hybridized carbons (Fsp3) is 0.600. The van der Waals surface area contributed by atoms with Crippen LogP contribution in [0.5, 0.6) is 0 Å². The molecule has 3 nitrogen and oxygen atoms in total. The molecule has 0 bridgehead atoms. The maximum Gasteiger partial charge on any atom is 0.146 e. The molecule has 2 rings (SSSR count). The summed E-state index contributed by atoms with van der Waals surface area (Å²) < 4.78 is 13.7. The number of nitrogens with zero attached hydrogens (tertiary/aromatic N) is 2. The number of para-hydroxylation sites is 1. The van der Waals surface area contributed by atoms with Crippen LogP contribution in [-0.2, 0) is 0 Å². The lowest BCUT2D eigenvalue weighted by atomic mass is 10.1. The number of piperazine rings is 1. The smallest absolute Gasteiger partial charge is 0.146 e. The highest BCUT2D eigenvalue weighted by molar-refractivity contribution is 5.47. The van der Waals surface area contributed by atoms with E-state index in [2.05, 4.69) is 22.0 Å². The molecule has 1 N–H and O–H groups in total. The Morgan fingerprint density at radius 3 is 2.53 bits per heavy atom. The van der Waals surface area contributed by atoms with E-state index in [9.17, 15) is 4.39 Å². The highest BCUT2D eigenvalue weighted by Gasteiger charge is 2.22. The molecular weight excluding hydrogens is 241 g/mol. The summed E-state index contributed by atoms with van der Waals surface area (Å²) in [6.07, 6.45) is 1.16. The first-order valence-corrected chi connectivity index (χ1v) is 7.10. The molecule has 4 heteroatoms. The second-order valence-electron chi connectivity index (χ2n) is 5.22. The highest BCUT2D eigenvalue weighted by Crippen LogP contribution is 2.20. The predicted octanol–water partition coefficient (Wildman–Crippen LogP) is 1.95. The predicted molar refractivity (Wildman–Crippen MR) is 78.2 cm³/mol. The van der Waals surface area contributed by atoms with Crippen LogP contribution in [0.1, 0.15) is 13.3 Å². The Balaban J connectivity index is 1.87. The standard InChI is InChI=1S/C15H24FN3/c1-13(7-8-17-2)18-9-11-19(12-10-18)15-6-4-3-5-14(15)16/h3-6,13,17H,7-12H2,1-2H3. The molecule has 0 aliphatic carbocycles. The van der Waals surface area contributed by atoms with E-state index in [1.165, 1.54) is 6.07 Å². The molecule has 1 atom stereocenters. The Labute approximate surface area is 115 Å². The summed E-state index contributed by atoms with van der Waals surface area (Å²) in [5.41, 5.74) is 0.741. The monoisotopic (exact) mass is 265 g/mol. The van der Waals surface area contributed by atoms with E-state index in [4.69, 9.17) is 0 Å². The van der Waals surface area contributed by atoms with Crippen LogP contribution in [0.25, 0.3) is 0 Å². The van der Waals surface area contributed by atoms with Crippen molar-refractivity contribution in [2.24, 2.45) is 0 Å². The van der Waals surface area contributed by atoms with Gasteiger partial charge in [-0.25, -0.2) is 4.39 Å². The molecule has 0 saturated carbocycles. The Morgan fingerprint density at radius 1 is 1.21 bits per heavy atom. The molecule has 1 aliphatic rings. The van der Waals surface area contributed by atoms with Gasteiger partial charge in [0.15, 0.2) is 0 Å². The molecule has 1 saturated heterocycles. The first-order chi connectivity index (χ1) is 9.22. The van der Waals surface area contributed by atoms with Crippen LogP contribution in [0.2, 0.25) is 0 Å². The van der Waals surface area contributed by atoms with Crippen molar-refractivity contribution in [3.63, 3.8) is 0 Å². The lowest BCUT2D eigenvalue weighted by Gasteiger charge is -2.39. The fourth-order valence-electron chi connectivity index (χ4n) is 2.65. The van der Waals surface area contributed by atoms with Crippen LogP contribution < -0.4 is 10.2 Å². The number of hydrogen-bond donors (Lipinski definition) is 1. The van der Waals surface area contributed by atoms with E-state index in [1.807, 2.05) is 19.2 Å². The van der Waals surface area contributed by atoms with Crippen molar-refractivity contribution in [1.29, 1.82) is 0 Å². The Kier molecular flexibility index (Phi) is 5.16. The van der Waals surface area contributed by atoms with E-state index in [1.54, 1.807) is 6.07 Å². The summed E-state index contributed by atoms with van der Waals surface area (Å²) in [7, 11) is 1.99. The quantitative estimate of drug-likeness (QED) is 0.878. The van der Waals surface area contributed by atoms with Crippen LogP contribution in [-0.4, -0.2) is 50.7 Å². The molecule has 106 valence electrons. The third-order valence-corrected chi connectivity index (χ3v) is 3.94. The number of rotatable bonds is 5. The third kappa shape index (κ3) is 3.67. The minimum Gasteiger partial charge on any atom is -0.367 e. The largest absolute Gasteiger partial charge is 0.367 e. The van der Waals surface area contributed by atoms with Gasteiger partial charge in [0, 0.05) is 32.2 Å². The van der Waals surface area contributed by atoms with Crippen molar-refractivity contribution >= 4 is 5.69 Å². The molecule has 0 aromatic heterocycles. The minimum absolute atomic E-state index is 0.112. The molecule has 1 aromatic rings. The molecule has 1 unspecified atom stereocenters. The zero-order valence-electron chi connectivity index (χ0n) is 11.9. The van der Waals surface area contributed by atoms with Crippen LogP contribution in [0.15, 0.2) is 24.3 Å². The summed E-state index contributed by atoms with van der Waals surface area (Å²) in [6.45, 7) is 7.17. The fourth-order valence-corrected chi connectivity index (χ4v) is 2.65. The molecule has 1 heterocycles. The summed E-state index contributed by atoms with van der Waals surface area (Å²) in [4.78, 5) is 4.64. The molecule has 1 aromatic carbocycles. The zero-order chi connectivity index (χ0) is 13.7. The third-order valence-electron chi connectivity index (χ3n) is 3.94. The summed E-state index contributed by atoms with van der Waals surface area (Å²) >= 11 is 0. The maximum atomic E-state index is 13.7. The van der Waals surface area contributed by atoms with Gasteiger partial charge >= 0.3 is 0 Å². The lowest BCUT2D eigenvalue weighted by Crippen LogP contribution is -2.50. The van der Waals surface area contributed by atoms with E-state index >= 15 is 0 Å². The molecule has 1 aliphatic heterocycles. The summed E-state index contributed by atoms with van der Waals surface area (Å²) in [6, 6.07) is 7.65. The molecule has 0 amide bonds. The molecule has 0 radical (unpaired) electrons. The van der Waals surface area contributed by atoms with Crippen molar-refractivity contribution in [2.75, 3.05) is 44.7 Å². The lowest BCUT2D eigenvalue weighted by molar-refractivity contribution is 0.188. The highest BCUT2D eigenvalue weighted by atomic mass is 19.1. The van der Waals surface area contributed by atoms with Gasteiger partial charge in [0.25, 0.3) is 0 Å². The summed E-state index contributed by atoms with van der Waals surface area (Å²) in [5, 5.41) is 3.19. The summed E-state index contributed by atoms with van der Waals surface area (Å²) in [5.74, 6) is -0.112. The van der Waals surface area contributed by atoms with E-state index in [0.29, 0.717) is 6.04 Å². The molecule has 0 spiro atoms. The molecule has 1 fully saturated rings.